The van der Waals surface area contributed by atoms with Crippen LogP contribution in [0.15, 0.2) is 65.7 Å². The normalized spacial score (nSPS) is 15.7. The van der Waals surface area contributed by atoms with E-state index in [-0.39, 0.29) is 12.4 Å². The molecule has 0 aromatic heterocycles. The van der Waals surface area contributed by atoms with Crippen molar-refractivity contribution in [2.45, 2.75) is 25.7 Å². The first-order valence-electron chi connectivity index (χ1n) is 8.28. The van der Waals surface area contributed by atoms with Crippen molar-refractivity contribution >= 4 is 18.2 Å². The van der Waals surface area contributed by atoms with E-state index in [0.717, 1.165) is 38.9 Å². The number of benzene rings is 2. The van der Waals surface area contributed by atoms with Crippen molar-refractivity contribution in [1.29, 1.82) is 0 Å². The van der Waals surface area contributed by atoms with Gasteiger partial charge in [0.25, 0.3) is 0 Å². The second-order valence-corrected chi connectivity index (χ2v) is 5.86. The van der Waals surface area contributed by atoms with E-state index >= 15 is 0 Å². The summed E-state index contributed by atoms with van der Waals surface area (Å²) in [5.41, 5.74) is 2.79. The number of hydrogen-bond donors (Lipinski definition) is 0. The maximum absolute atomic E-state index is 4.85. The maximum Gasteiger partial charge on any atom is 0.0989 e. The van der Waals surface area contributed by atoms with E-state index in [4.69, 9.17) is 4.99 Å². The molecule has 1 fully saturated rings. The summed E-state index contributed by atoms with van der Waals surface area (Å²) in [6.07, 6.45) is 4.54. The Morgan fingerprint density at radius 3 is 2.09 bits per heavy atom. The minimum atomic E-state index is 0. The molecule has 0 N–H and O–H groups in total. The van der Waals surface area contributed by atoms with Crippen molar-refractivity contribution < 1.29 is 0 Å². The van der Waals surface area contributed by atoms with Gasteiger partial charge in [0.1, 0.15) is 0 Å². The van der Waals surface area contributed by atoms with Crippen molar-refractivity contribution in [2.24, 2.45) is 4.99 Å². The van der Waals surface area contributed by atoms with Gasteiger partial charge >= 0.3 is 0 Å². The number of amidine groups is 1. The highest BCUT2D eigenvalue weighted by Crippen LogP contribution is 2.13. The molecule has 1 heterocycles. The van der Waals surface area contributed by atoms with Crippen LogP contribution in [-0.2, 0) is 12.8 Å². The van der Waals surface area contributed by atoms with Gasteiger partial charge in [0, 0.05) is 26.1 Å². The third-order valence-corrected chi connectivity index (χ3v) is 4.24. The molecule has 0 saturated carbocycles. The third kappa shape index (κ3) is 5.40. The van der Waals surface area contributed by atoms with Crippen molar-refractivity contribution in [3.05, 3.63) is 71.8 Å². The van der Waals surface area contributed by atoms with Crippen molar-refractivity contribution in [3.8, 4) is 0 Å². The molecule has 122 valence electrons. The zero-order valence-corrected chi connectivity index (χ0v) is 14.3. The number of aliphatic imine (C=N–C) groups is 1. The van der Waals surface area contributed by atoms with Crippen LogP contribution < -0.4 is 0 Å². The number of nitrogens with zero attached hydrogens (tertiary/aromatic N) is 2. The Kier molecular flexibility index (Phi) is 7.15. The zero-order valence-electron chi connectivity index (χ0n) is 13.5. The predicted molar refractivity (Wildman–Crippen MR) is 101 cm³/mol. The van der Waals surface area contributed by atoms with E-state index in [1.807, 2.05) is 0 Å². The molecule has 3 heteroatoms. The first-order valence-corrected chi connectivity index (χ1v) is 8.28. The van der Waals surface area contributed by atoms with Gasteiger partial charge in [-0.1, -0.05) is 60.7 Å². The summed E-state index contributed by atoms with van der Waals surface area (Å²) < 4.78 is 0. The highest BCUT2D eigenvalue weighted by atomic mass is 35.5. The van der Waals surface area contributed by atoms with E-state index in [0.29, 0.717) is 0 Å². The minimum absolute atomic E-state index is 0. The van der Waals surface area contributed by atoms with Crippen LogP contribution in [0.1, 0.15) is 24.0 Å². The molecule has 0 bridgehead atoms. The average Bonchev–Trinajstić information content (AvgIpc) is 3.02. The molecule has 1 aliphatic rings. The van der Waals surface area contributed by atoms with Crippen molar-refractivity contribution in [1.82, 2.24) is 4.90 Å². The lowest BCUT2D eigenvalue weighted by Crippen LogP contribution is -2.27. The quantitative estimate of drug-likeness (QED) is 0.768. The van der Waals surface area contributed by atoms with E-state index in [9.17, 15) is 0 Å². The Morgan fingerprint density at radius 1 is 0.826 bits per heavy atom. The van der Waals surface area contributed by atoms with Crippen LogP contribution in [0.5, 0.6) is 0 Å². The van der Waals surface area contributed by atoms with Crippen LogP contribution >= 0.6 is 12.4 Å². The van der Waals surface area contributed by atoms with Gasteiger partial charge in [-0.15, -0.1) is 12.4 Å². The molecule has 3 rings (SSSR count). The molecular formula is C20H25ClN2. The molecule has 1 aliphatic heterocycles. The topological polar surface area (TPSA) is 15.6 Å². The predicted octanol–water partition coefficient (Wildman–Crippen LogP) is 4.39. The smallest absolute Gasteiger partial charge is 0.0989 e. The van der Waals surface area contributed by atoms with Crippen LogP contribution in [0.4, 0.5) is 0 Å². The summed E-state index contributed by atoms with van der Waals surface area (Å²) >= 11 is 0. The molecule has 0 unspecified atom stereocenters. The summed E-state index contributed by atoms with van der Waals surface area (Å²) in [6.45, 7) is 3.16. The molecule has 23 heavy (non-hydrogen) atoms. The number of rotatable bonds is 6. The van der Waals surface area contributed by atoms with E-state index in [2.05, 4.69) is 65.6 Å². The molecule has 0 spiro atoms. The molecule has 1 saturated heterocycles. The lowest BCUT2D eigenvalue weighted by molar-refractivity contribution is 0.456. The van der Waals surface area contributed by atoms with Crippen LogP contribution in [0.3, 0.4) is 0 Å². The van der Waals surface area contributed by atoms with Gasteiger partial charge in [-0.05, 0) is 30.4 Å². The van der Waals surface area contributed by atoms with Crippen molar-refractivity contribution in [2.75, 3.05) is 19.6 Å². The van der Waals surface area contributed by atoms with Crippen LogP contribution in [0, 0.1) is 0 Å². The highest BCUT2D eigenvalue weighted by Gasteiger charge is 2.17. The fourth-order valence-corrected chi connectivity index (χ4v) is 3.00. The second kappa shape index (κ2) is 9.36. The Labute approximate surface area is 145 Å². The Bertz CT molecular complexity index is 596. The first-order chi connectivity index (χ1) is 10.9. The number of hydrogen-bond acceptors (Lipinski definition) is 1. The summed E-state index contributed by atoms with van der Waals surface area (Å²) in [6, 6.07) is 21.4. The van der Waals surface area contributed by atoms with Gasteiger partial charge in [0.05, 0.1) is 5.84 Å². The molecule has 0 aliphatic carbocycles. The van der Waals surface area contributed by atoms with E-state index < -0.39 is 0 Å². The number of likely N-dealkylation sites (tertiary alicyclic amines) is 1. The maximum atomic E-state index is 4.85. The van der Waals surface area contributed by atoms with Crippen molar-refractivity contribution in [3.63, 3.8) is 0 Å². The van der Waals surface area contributed by atoms with Gasteiger partial charge in [-0.3, -0.25) is 4.99 Å². The summed E-state index contributed by atoms with van der Waals surface area (Å²) in [7, 11) is 0. The highest BCUT2D eigenvalue weighted by molar-refractivity contribution is 5.85. The average molecular weight is 329 g/mol. The Balaban J connectivity index is 0.00000192. The summed E-state index contributed by atoms with van der Waals surface area (Å²) in [4.78, 5) is 7.33. The molecule has 0 radical (unpaired) electrons. The Morgan fingerprint density at radius 2 is 1.43 bits per heavy atom. The van der Waals surface area contributed by atoms with Gasteiger partial charge < -0.3 is 4.90 Å². The van der Waals surface area contributed by atoms with Crippen LogP contribution in [0.2, 0.25) is 0 Å². The largest absolute Gasteiger partial charge is 0.360 e. The van der Waals surface area contributed by atoms with E-state index in [1.165, 1.54) is 23.4 Å². The zero-order chi connectivity index (χ0) is 15.0. The molecule has 2 aromatic rings. The monoisotopic (exact) mass is 328 g/mol. The standard InChI is InChI=1S/C20H24N2.ClH/c1-3-8-18(9-4-1)13-15-21-20-12-7-16-22(20)17-14-19-10-5-2-6-11-19;/h1-6,8-11H,7,12-17H2;1H. The number of halogens is 1. The fourth-order valence-electron chi connectivity index (χ4n) is 3.00. The Hall–Kier alpha value is -1.80. The molecule has 2 aromatic carbocycles. The van der Waals surface area contributed by atoms with Gasteiger partial charge in [0.15, 0.2) is 0 Å². The lowest BCUT2D eigenvalue weighted by atomic mass is 10.1. The molecule has 2 nitrogen and oxygen atoms in total. The van der Waals surface area contributed by atoms with Crippen LogP contribution in [-0.4, -0.2) is 30.4 Å². The second-order valence-electron chi connectivity index (χ2n) is 5.86. The first kappa shape index (κ1) is 17.6. The third-order valence-electron chi connectivity index (χ3n) is 4.24. The fraction of sp³-hybridized carbons (Fsp3) is 0.350. The molecular weight excluding hydrogens is 304 g/mol. The van der Waals surface area contributed by atoms with E-state index in [1.54, 1.807) is 0 Å². The van der Waals surface area contributed by atoms with Gasteiger partial charge in [-0.2, -0.15) is 0 Å². The minimum Gasteiger partial charge on any atom is -0.360 e. The summed E-state index contributed by atoms with van der Waals surface area (Å²) in [5.74, 6) is 1.31. The van der Waals surface area contributed by atoms with Crippen LogP contribution in [0.25, 0.3) is 0 Å². The SMILES string of the molecule is Cl.c1ccc(CCN=C2CCCN2CCc2ccccc2)cc1. The lowest BCUT2D eigenvalue weighted by Gasteiger charge is -2.19. The van der Waals surface area contributed by atoms with Gasteiger partial charge in [0.2, 0.25) is 0 Å². The van der Waals surface area contributed by atoms with Gasteiger partial charge in [-0.25, -0.2) is 0 Å². The molecule has 0 atom stereocenters. The molecule has 0 amide bonds. The summed E-state index contributed by atoms with van der Waals surface area (Å²) in [5, 5.41) is 0.